The number of halogens is 1. The van der Waals surface area contributed by atoms with Crippen LogP contribution in [0.4, 0.5) is 4.39 Å². The third-order valence-corrected chi connectivity index (χ3v) is 10.5. The van der Waals surface area contributed by atoms with Gasteiger partial charge in [0.15, 0.2) is 0 Å². The smallest absolute Gasteiger partial charge is 0.258 e. The van der Waals surface area contributed by atoms with Crippen LogP contribution in [0.15, 0.2) is 60.7 Å². The zero-order valence-corrected chi connectivity index (χ0v) is 31.8. The molecule has 12 heteroatoms. The number of nitrogens with zero attached hydrogens (tertiary/aromatic N) is 3. The number of unbranched alkanes of at least 4 members (excludes halogenated alkanes) is 6. The van der Waals surface area contributed by atoms with E-state index in [2.05, 4.69) is 17.6 Å². The number of ether oxygens (including phenoxy) is 1. The summed E-state index contributed by atoms with van der Waals surface area (Å²) in [6.45, 7) is 2.39. The maximum Gasteiger partial charge on any atom is 0.258 e. The summed E-state index contributed by atoms with van der Waals surface area (Å²) in [7, 11) is 2.98. The van der Waals surface area contributed by atoms with E-state index in [1.165, 1.54) is 61.7 Å². The molecule has 0 aliphatic carbocycles. The van der Waals surface area contributed by atoms with Crippen LogP contribution in [-0.2, 0) is 25.7 Å². The highest BCUT2D eigenvalue weighted by molar-refractivity contribution is 5.99. The molecule has 2 aliphatic heterocycles. The molecule has 5 rings (SSSR count). The Balaban J connectivity index is 1.30. The number of fused-ring (bicyclic) bond motifs is 3. The molecule has 0 bridgehead atoms. The number of benzene rings is 3. The van der Waals surface area contributed by atoms with Gasteiger partial charge in [0.2, 0.25) is 23.6 Å². The predicted molar refractivity (Wildman–Crippen MR) is 205 cm³/mol. The Hall–Kier alpha value is -5.00. The lowest BCUT2D eigenvalue weighted by Gasteiger charge is -2.28. The second kappa shape index (κ2) is 19.4. The minimum atomic E-state index is -1.08. The highest BCUT2D eigenvalue weighted by Crippen LogP contribution is 2.27. The highest BCUT2D eigenvalue weighted by Gasteiger charge is 2.38. The standard InChI is InChI=1S/C42H54FN5O6/c1-4-5-6-7-8-9-10-15-38(49)45-33-24-34-28-54-37-20-18-32(43)23-35(37)42(53)47(3)36(19-21-39(50)46(2)27-40(51)48(34)26-33)41(52)44-25-29-16-17-30-13-11-12-14-31(30)22-29/h11-14,16-18,20,22-23,33-34,36H,4-10,15,19,21,24-28H2,1-3H3,(H,44,52)(H,45,49)/t33-,34-,36+/m0/s1. The molecule has 2 aliphatic rings. The predicted octanol–water partition coefficient (Wildman–Crippen LogP) is 5.59. The Kier molecular flexibility index (Phi) is 14.4. The molecule has 0 spiro atoms. The van der Waals surface area contributed by atoms with Gasteiger partial charge in [-0.1, -0.05) is 81.8 Å². The van der Waals surface area contributed by atoms with E-state index in [4.69, 9.17) is 4.74 Å². The number of likely N-dealkylation sites (N-methyl/N-ethyl adjacent to an activating group) is 2. The lowest BCUT2D eigenvalue weighted by molar-refractivity contribution is -0.140. The van der Waals surface area contributed by atoms with Crippen LogP contribution in [0.25, 0.3) is 10.8 Å². The van der Waals surface area contributed by atoms with E-state index in [1.807, 2.05) is 42.5 Å². The van der Waals surface area contributed by atoms with E-state index in [0.717, 1.165) is 41.7 Å². The third-order valence-electron chi connectivity index (χ3n) is 10.5. The second-order valence-electron chi connectivity index (χ2n) is 14.6. The number of rotatable bonds is 12. The average molecular weight is 744 g/mol. The van der Waals surface area contributed by atoms with E-state index >= 15 is 0 Å². The summed E-state index contributed by atoms with van der Waals surface area (Å²) in [5, 5.41) is 8.07. The lowest BCUT2D eigenvalue weighted by Crippen LogP contribution is -2.48. The Bertz CT molecular complexity index is 1800. The molecule has 290 valence electrons. The molecule has 0 radical (unpaired) electrons. The number of nitrogens with one attached hydrogen (secondary N) is 2. The number of hydrogen-bond donors (Lipinski definition) is 2. The molecule has 0 aromatic heterocycles. The SMILES string of the molecule is CCCCCCCCCC(=O)N[C@H]1C[C@H]2COc3ccc(F)cc3C(=O)N(C)[C@@H](C(=O)NCc3ccc4ccccc4c3)CCC(=O)N(C)CC(=O)N2C1. The topological polar surface area (TPSA) is 128 Å². The summed E-state index contributed by atoms with van der Waals surface area (Å²) in [4.78, 5) is 71.9. The number of hydrogen-bond acceptors (Lipinski definition) is 6. The van der Waals surface area contributed by atoms with E-state index in [9.17, 15) is 28.4 Å². The maximum atomic E-state index is 14.7. The van der Waals surface area contributed by atoms with Gasteiger partial charge < -0.3 is 30.1 Å². The van der Waals surface area contributed by atoms with Crippen molar-refractivity contribution in [2.45, 2.75) is 102 Å². The van der Waals surface area contributed by atoms with Gasteiger partial charge in [-0.15, -0.1) is 0 Å². The summed E-state index contributed by atoms with van der Waals surface area (Å²) < 4.78 is 20.8. The van der Waals surface area contributed by atoms with Gasteiger partial charge in [-0.25, -0.2) is 4.39 Å². The van der Waals surface area contributed by atoms with Gasteiger partial charge in [0, 0.05) is 46.1 Å². The molecule has 11 nitrogen and oxygen atoms in total. The molecular formula is C42H54FN5O6. The van der Waals surface area contributed by atoms with Crippen LogP contribution in [0, 0.1) is 5.82 Å². The van der Waals surface area contributed by atoms with E-state index in [0.29, 0.717) is 12.8 Å². The fourth-order valence-electron chi connectivity index (χ4n) is 7.33. The Labute approximate surface area is 317 Å². The molecule has 3 aromatic carbocycles. The largest absolute Gasteiger partial charge is 0.491 e. The van der Waals surface area contributed by atoms with Crippen molar-refractivity contribution in [1.82, 2.24) is 25.3 Å². The quantitative estimate of drug-likeness (QED) is 0.233. The molecule has 0 saturated carbocycles. The first kappa shape index (κ1) is 40.2. The van der Waals surface area contributed by atoms with Crippen LogP contribution < -0.4 is 15.4 Å². The lowest BCUT2D eigenvalue weighted by atomic mass is 10.0. The van der Waals surface area contributed by atoms with Crippen LogP contribution >= 0.6 is 0 Å². The van der Waals surface area contributed by atoms with Crippen LogP contribution in [0.2, 0.25) is 0 Å². The zero-order valence-electron chi connectivity index (χ0n) is 31.8. The molecule has 3 atom stereocenters. The minimum Gasteiger partial charge on any atom is -0.491 e. The van der Waals surface area contributed by atoms with Gasteiger partial charge in [0.05, 0.1) is 18.2 Å². The molecule has 3 aromatic rings. The normalized spacial score (nSPS) is 19.8. The highest BCUT2D eigenvalue weighted by atomic mass is 19.1. The average Bonchev–Trinajstić information content (AvgIpc) is 3.57. The second-order valence-corrected chi connectivity index (χ2v) is 14.6. The first-order chi connectivity index (χ1) is 26.0. The first-order valence-corrected chi connectivity index (χ1v) is 19.3. The number of carbonyl (C=O) groups excluding carboxylic acids is 5. The van der Waals surface area contributed by atoms with Crippen LogP contribution in [0.5, 0.6) is 5.75 Å². The summed E-state index contributed by atoms with van der Waals surface area (Å²) in [6, 6.07) is 15.5. The van der Waals surface area contributed by atoms with Gasteiger partial charge in [-0.3, -0.25) is 24.0 Å². The third kappa shape index (κ3) is 10.8. The molecule has 5 amide bonds. The number of carbonyl (C=O) groups is 5. The molecule has 0 unspecified atom stereocenters. The van der Waals surface area contributed by atoms with Crippen molar-refractivity contribution in [1.29, 1.82) is 0 Å². The van der Waals surface area contributed by atoms with Crippen LogP contribution in [0.1, 0.15) is 93.5 Å². The Morgan fingerprint density at radius 1 is 0.889 bits per heavy atom. The molecule has 1 saturated heterocycles. The van der Waals surface area contributed by atoms with E-state index in [1.54, 1.807) is 4.90 Å². The fraction of sp³-hybridized carbons (Fsp3) is 0.500. The van der Waals surface area contributed by atoms with Crippen LogP contribution in [0.3, 0.4) is 0 Å². The zero-order chi connectivity index (χ0) is 38.6. The molecular weight excluding hydrogens is 689 g/mol. The minimum absolute atomic E-state index is 0.0289. The van der Waals surface area contributed by atoms with E-state index in [-0.39, 0.29) is 74.2 Å². The van der Waals surface area contributed by atoms with Gasteiger partial charge in [0.25, 0.3) is 5.91 Å². The van der Waals surface area contributed by atoms with Gasteiger partial charge in [-0.05, 0) is 59.9 Å². The van der Waals surface area contributed by atoms with Crippen molar-refractivity contribution in [3.05, 3.63) is 77.6 Å². The Morgan fingerprint density at radius 3 is 2.41 bits per heavy atom. The molecule has 1 fully saturated rings. The van der Waals surface area contributed by atoms with Gasteiger partial charge in [-0.2, -0.15) is 0 Å². The van der Waals surface area contributed by atoms with Crippen molar-refractivity contribution in [2.24, 2.45) is 0 Å². The fourth-order valence-corrected chi connectivity index (χ4v) is 7.33. The first-order valence-electron chi connectivity index (χ1n) is 19.3. The van der Waals surface area contributed by atoms with Gasteiger partial charge in [0.1, 0.15) is 24.2 Å². The van der Waals surface area contributed by atoms with Crippen molar-refractivity contribution in [3.8, 4) is 5.75 Å². The van der Waals surface area contributed by atoms with Crippen LogP contribution in [-0.4, -0.2) is 96.2 Å². The number of amides is 5. The van der Waals surface area contributed by atoms with Crippen molar-refractivity contribution >= 4 is 40.3 Å². The van der Waals surface area contributed by atoms with Gasteiger partial charge >= 0.3 is 0 Å². The maximum absolute atomic E-state index is 14.7. The Morgan fingerprint density at radius 2 is 1.63 bits per heavy atom. The summed E-state index contributed by atoms with van der Waals surface area (Å²) in [6.07, 6.45) is 8.38. The summed E-state index contributed by atoms with van der Waals surface area (Å²) in [5.41, 5.74) is 0.775. The van der Waals surface area contributed by atoms with Crippen molar-refractivity contribution < 1.29 is 33.1 Å². The molecule has 2 N–H and O–H groups in total. The van der Waals surface area contributed by atoms with Crippen molar-refractivity contribution in [2.75, 3.05) is 33.8 Å². The molecule has 2 heterocycles. The monoisotopic (exact) mass is 743 g/mol. The van der Waals surface area contributed by atoms with E-state index < -0.39 is 29.7 Å². The summed E-state index contributed by atoms with van der Waals surface area (Å²) >= 11 is 0. The summed E-state index contributed by atoms with van der Waals surface area (Å²) in [5.74, 6) is -2.43. The van der Waals surface area contributed by atoms with Crippen molar-refractivity contribution in [3.63, 3.8) is 0 Å². The molecule has 54 heavy (non-hydrogen) atoms.